The number of rotatable bonds is 7. The van der Waals surface area contributed by atoms with Gasteiger partial charge in [0.1, 0.15) is 5.75 Å². The molecule has 8 nitrogen and oxygen atoms in total. The van der Waals surface area contributed by atoms with Crippen LogP contribution >= 0.6 is 0 Å². The van der Waals surface area contributed by atoms with Gasteiger partial charge >= 0.3 is 0 Å². The van der Waals surface area contributed by atoms with Crippen molar-refractivity contribution in [2.45, 2.75) is 49.5 Å². The average molecular weight is 437 g/mol. The summed E-state index contributed by atoms with van der Waals surface area (Å²) in [5, 5.41) is 2.64. The molecule has 1 aromatic carbocycles. The third-order valence-corrected chi connectivity index (χ3v) is 7.79. The Labute approximate surface area is 179 Å². The lowest BCUT2D eigenvalue weighted by Crippen LogP contribution is -2.51. The fourth-order valence-corrected chi connectivity index (χ4v) is 5.72. The van der Waals surface area contributed by atoms with Crippen LogP contribution in [-0.2, 0) is 14.8 Å². The zero-order valence-corrected chi connectivity index (χ0v) is 18.3. The second-order valence-corrected chi connectivity index (χ2v) is 10.2. The molecule has 0 spiro atoms. The van der Waals surface area contributed by atoms with Crippen molar-refractivity contribution in [3.63, 3.8) is 0 Å². The number of ether oxygens (including phenoxy) is 1. The van der Waals surface area contributed by atoms with Gasteiger partial charge in [-0.25, -0.2) is 13.1 Å². The Morgan fingerprint density at radius 2 is 1.87 bits per heavy atom. The standard InChI is InChI=1S/C21H32N4O4S/c26-21-16-29-20-8-7-18(15-19(20)23-21)30(27,28)22-9-4-10-24-11-13-25(14-12-24)17-5-2-1-3-6-17/h7-8,15,17,22H,1-6,9-14,16H2,(H,23,26). The van der Waals surface area contributed by atoms with Gasteiger partial charge < -0.3 is 15.0 Å². The maximum absolute atomic E-state index is 12.6. The lowest BCUT2D eigenvalue weighted by atomic mass is 9.94. The zero-order valence-electron chi connectivity index (χ0n) is 17.4. The Hall–Kier alpha value is -1.68. The van der Waals surface area contributed by atoms with Crippen molar-refractivity contribution < 1.29 is 17.9 Å². The summed E-state index contributed by atoms with van der Waals surface area (Å²) in [4.78, 5) is 16.7. The van der Waals surface area contributed by atoms with Crippen molar-refractivity contribution in [2.75, 3.05) is 51.2 Å². The normalized spacial score (nSPS) is 21.7. The van der Waals surface area contributed by atoms with E-state index in [9.17, 15) is 13.2 Å². The maximum atomic E-state index is 12.6. The molecule has 2 aliphatic heterocycles. The second-order valence-electron chi connectivity index (χ2n) is 8.42. The van der Waals surface area contributed by atoms with Crippen molar-refractivity contribution in [2.24, 2.45) is 0 Å². The molecule has 166 valence electrons. The van der Waals surface area contributed by atoms with Crippen LogP contribution in [-0.4, -0.2) is 76.0 Å². The number of fused-ring (bicyclic) bond motifs is 1. The highest BCUT2D eigenvalue weighted by Crippen LogP contribution is 2.30. The molecule has 1 aromatic rings. The number of hydrogen-bond acceptors (Lipinski definition) is 6. The third kappa shape index (κ3) is 5.32. The van der Waals surface area contributed by atoms with E-state index < -0.39 is 10.0 Å². The van der Waals surface area contributed by atoms with E-state index in [4.69, 9.17) is 4.74 Å². The van der Waals surface area contributed by atoms with Crippen molar-refractivity contribution in [1.82, 2.24) is 14.5 Å². The fourth-order valence-electron chi connectivity index (χ4n) is 4.62. The van der Waals surface area contributed by atoms with Crippen LogP contribution in [0.4, 0.5) is 5.69 Å². The van der Waals surface area contributed by atoms with E-state index in [2.05, 4.69) is 19.8 Å². The molecule has 0 atom stereocenters. The molecular weight excluding hydrogens is 404 g/mol. The molecule has 1 saturated heterocycles. The first kappa shape index (κ1) is 21.5. The van der Waals surface area contributed by atoms with Crippen LogP contribution in [0.25, 0.3) is 0 Å². The van der Waals surface area contributed by atoms with E-state index >= 15 is 0 Å². The molecule has 3 aliphatic rings. The minimum absolute atomic E-state index is 0.0493. The number of piperazine rings is 1. The Morgan fingerprint density at radius 3 is 2.63 bits per heavy atom. The molecule has 1 saturated carbocycles. The summed E-state index contributed by atoms with van der Waals surface area (Å²) in [6.45, 7) is 5.62. The molecule has 0 bridgehead atoms. The van der Waals surface area contributed by atoms with E-state index in [1.54, 1.807) is 6.07 Å². The summed E-state index contributed by atoms with van der Waals surface area (Å²) >= 11 is 0. The number of carbonyl (C=O) groups is 1. The van der Waals surface area contributed by atoms with Gasteiger partial charge in [-0.05, 0) is 44.0 Å². The Kier molecular flexibility index (Phi) is 6.92. The minimum atomic E-state index is -3.62. The number of benzene rings is 1. The highest BCUT2D eigenvalue weighted by molar-refractivity contribution is 7.89. The zero-order chi connectivity index (χ0) is 21.0. The van der Waals surface area contributed by atoms with Crippen molar-refractivity contribution in [1.29, 1.82) is 0 Å². The first-order valence-corrected chi connectivity index (χ1v) is 12.5. The van der Waals surface area contributed by atoms with Gasteiger partial charge in [-0.1, -0.05) is 19.3 Å². The number of anilines is 1. The van der Waals surface area contributed by atoms with Gasteiger partial charge in [-0.3, -0.25) is 9.69 Å². The molecule has 0 unspecified atom stereocenters. The SMILES string of the molecule is O=C1COc2ccc(S(=O)(=O)NCCCN3CCN(C4CCCCC4)CC3)cc2N1. The quantitative estimate of drug-likeness (QED) is 0.632. The van der Waals surface area contributed by atoms with Crippen LogP contribution in [0.1, 0.15) is 38.5 Å². The smallest absolute Gasteiger partial charge is 0.262 e. The molecule has 2 heterocycles. The number of hydrogen-bond donors (Lipinski definition) is 2. The predicted octanol–water partition coefficient (Wildman–Crippen LogP) is 1.64. The highest BCUT2D eigenvalue weighted by atomic mass is 32.2. The highest BCUT2D eigenvalue weighted by Gasteiger charge is 2.25. The van der Waals surface area contributed by atoms with Gasteiger partial charge in [0.2, 0.25) is 10.0 Å². The summed E-state index contributed by atoms with van der Waals surface area (Å²) in [5.74, 6) is 0.203. The van der Waals surface area contributed by atoms with Crippen molar-refractivity contribution in [3.05, 3.63) is 18.2 Å². The van der Waals surface area contributed by atoms with Gasteiger partial charge in [0, 0.05) is 38.8 Å². The lowest BCUT2D eigenvalue weighted by Gasteiger charge is -2.40. The first-order chi connectivity index (χ1) is 14.5. The van der Waals surface area contributed by atoms with Crippen LogP contribution in [0.2, 0.25) is 0 Å². The molecule has 1 aliphatic carbocycles. The van der Waals surface area contributed by atoms with E-state index in [0.29, 0.717) is 18.0 Å². The van der Waals surface area contributed by atoms with Gasteiger partial charge in [0.25, 0.3) is 5.91 Å². The molecule has 2 fully saturated rings. The summed E-state index contributed by atoms with van der Waals surface area (Å²) in [7, 11) is -3.62. The predicted molar refractivity (Wildman–Crippen MR) is 115 cm³/mol. The van der Waals surface area contributed by atoms with Crippen LogP contribution in [0, 0.1) is 0 Å². The summed E-state index contributed by atoms with van der Waals surface area (Å²) in [5.41, 5.74) is 0.393. The number of sulfonamides is 1. The van der Waals surface area contributed by atoms with Crippen molar-refractivity contribution >= 4 is 21.6 Å². The second kappa shape index (κ2) is 9.64. The van der Waals surface area contributed by atoms with Gasteiger partial charge in [0.15, 0.2) is 6.61 Å². The Balaban J connectivity index is 1.20. The molecule has 2 N–H and O–H groups in total. The average Bonchev–Trinajstić information content (AvgIpc) is 2.77. The minimum Gasteiger partial charge on any atom is -0.482 e. The topological polar surface area (TPSA) is 91.0 Å². The number of nitrogens with zero attached hydrogens (tertiary/aromatic N) is 2. The summed E-state index contributed by atoms with van der Waals surface area (Å²) < 4.78 is 33.1. The summed E-state index contributed by atoms with van der Waals surface area (Å²) in [6.07, 6.45) is 7.59. The third-order valence-electron chi connectivity index (χ3n) is 6.34. The van der Waals surface area contributed by atoms with E-state index in [1.165, 1.54) is 44.2 Å². The lowest BCUT2D eigenvalue weighted by molar-refractivity contribution is -0.118. The van der Waals surface area contributed by atoms with Crippen LogP contribution in [0.3, 0.4) is 0 Å². The van der Waals surface area contributed by atoms with Crippen LogP contribution in [0.15, 0.2) is 23.1 Å². The number of nitrogens with one attached hydrogen (secondary N) is 2. The maximum Gasteiger partial charge on any atom is 0.262 e. The summed E-state index contributed by atoms with van der Waals surface area (Å²) in [6, 6.07) is 5.30. The first-order valence-electron chi connectivity index (χ1n) is 11.0. The molecule has 0 aromatic heterocycles. The molecule has 30 heavy (non-hydrogen) atoms. The van der Waals surface area contributed by atoms with Gasteiger partial charge in [0.05, 0.1) is 10.6 Å². The molecular formula is C21H32N4O4S. The van der Waals surface area contributed by atoms with E-state index in [1.807, 2.05) is 0 Å². The molecule has 1 amide bonds. The fraction of sp³-hybridized carbons (Fsp3) is 0.667. The molecule has 0 radical (unpaired) electrons. The molecule has 9 heteroatoms. The Bertz CT molecular complexity index is 847. The number of carbonyl (C=O) groups excluding carboxylic acids is 1. The van der Waals surface area contributed by atoms with Crippen LogP contribution in [0.5, 0.6) is 5.75 Å². The number of amides is 1. The van der Waals surface area contributed by atoms with E-state index in [-0.39, 0.29) is 17.4 Å². The van der Waals surface area contributed by atoms with E-state index in [0.717, 1.165) is 45.2 Å². The van der Waals surface area contributed by atoms with Crippen molar-refractivity contribution in [3.8, 4) is 5.75 Å². The molecule has 4 rings (SSSR count). The van der Waals surface area contributed by atoms with Crippen LogP contribution < -0.4 is 14.8 Å². The largest absolute Gasteiger partial charge is 0.482 e. The monoisotopic (exact) mass is 436 g/mol. The Morgan fingerprint density at radius 1 is 1.10 bits per heavy atom. The van der Waals surface area contributed by atoms with Gasteiger partial charge in [-0.15, -0.1) is 0 Å². The van der Waals surface area contributed by atoms with Gasteiger partial charge in [-0.2, -0.15) is 0 Å².